The van der Waals surface area contributed by atoms with E-state index in [9.17, 15) is 19.8 Å². The Kier molecular flexibility index (Phi) is 3.00. The molecule has 0 aliphatic heterocycles. The van der Waals surface area contributed by atoms with Gasteiger partial charge in [0.05, 0.1) is 11.1 Å². The number of carbonyl (C=O) groups is 2. The molecule has 24 heavy (non-hydrogen) atoms. The van der Waals surface area contributed by atoms with Crippen molar-refractivity contribution in [1.82, 2.24) is 0 Å². The van der Waals surface area contributed by atoms with Crippen molar-refractivity contribution in [2.24, 2.45) is 0 Å². The maximum Gasteiger partial charge on any atom is 0.337 e. The highest BCUT2D eigenvalue weighted by Gasteiger charge is 2.24. The molecule has 0 radical (unpaired) electrons. The number of aromatic carboxylic acids is 2. The van der Waals surface area contributed by atoms with Gasteiger partial charge in [-0.15, -0.1) is 0 Å². The second kappa shape index (κ2) is 5.06. The molecule has 0 atom stereocenters. The van der Waals surface area contributed by atoms with Crippen LogP contribution < -0.4 is 0 Å². The predicted octanol–water partition coefficient (Wildman–Crippen LogP) is 4.54. The van der Waals surface area contributed by atoms with Crippen LogP contribution in [0.4, 0.5) is 0 Å². The Bertz CT molecular complexity index is 1160. The van der Waals surface area contributed by atoms with E-state index in [1.165, 1.54) is 0 Å². The maximum atomic E-state index is 11.9. The molecule has 0 saturated carbocycles. The summed E-state index contributed by atoms with van der Waals surface area (Å²) in [4.78, 5) is 23.6. The topological polar surface area (TPSA) is 74.6 Å². The minimum Gasteiger partial charge on any atom is -0.478 e. The Balaban J connectivity index is 2.42. The van der Waals surface area contributed by atoms with Gasteiger partial charge in [0.1, 0.15) is 0 Å². The van der Waals surface area contributed by atoms with Gasteiger partial charge in [-0.25, -0.2) is 9.59 Å². The van der Waals surface area contributed by atoms with Crippen LogP contribution in [0.5, 0.6) is 0 Å². The van der Waals surface area contributed by atoms with Gasteiger partial charge < -0.3 is 10.2 Å². The summed E-state index contributed by atoms with van der Waals surface area (Å²) in [6, 6.07) is 18.2. The number of hydrogen-bond acceptors (Lipinski definition) is 2. The van der Waals surface area contributed by atoms with E-state index in [4.69, 9.17) is 0 Å². The van der Waals surface area contributed by atoms with E-state index in [1.807, 2.05) is 42.5 Å². The molecule has 0 unspecified atom stereocenters. The minimum atomic E-state index is -1.24. The zero-order chi connectivity index (χ0) is 16.8. The highest BCUT2D eigenvalue weighted by Crippen LogP contribution is 2.37. The molecule has 4 aromatic carbocycles. The Morgan fingerprint density at radius 1 is 0.583 bits per heavy atom. The fourth-order valence-corrected chi connectivity index (χ4v) is 3.40. The smallest absolute Gasteiger partial charge is 0.337 e. The summed E-state index contributed by atoms with van der Waals surface area (Å²) in [5.41, 5.74) is -0.331. The first-order valence-electron chi connectivity index (χ1n) is 7.42. The van der Waals surface area contributed by atoms with Crippen LogP contribution in [0.25, 0.3) is 32.3 Å². The average Bonchev–Trinajstić information content (AvgIpc) is 2.59. The largest absolute Gasteiger partial charge is 0.478 e. The molecular weight excluding hydrogens is 304 g/mol. The van der Waals surface area contributed by atoms with Gasteiger partial charge in [-0.3, -0.25) is 0 Å². The average molecular weight is 316 g/mol. The fourth-order valence-electron chi connectivity index (χ4n) is 3.40. The molecule has 0 spiro atoms. The molecule has 0 saturated heterocycles. The molecule has 4 aromatic rings. The summed E-state index contributed by atoms with van der Waals surface area (Å²) < 4.78 is 0. The Morgan fingerprint density at radius 3 is 1.79 bits per heavy atom. The van der Waals surface area contributed by atoms with E-state index in [1.54, 1.807) is 18.2 Å². The molecule has 4 heteroatoms. The number of rotatable bonds is 2. The predicted molar refractivity (Wildman–Crippen MR) is 92.9 cm³/mol. The van der Waals surface area contributed by atoms with Crippen LogP contribution in [0.3, 0.4) is 0 Å². The number of carboxylic acid groups (broad SMARTS) is 2. The van der Waals surface area contributed by atoms with Gasteiger partial charge in [0.15, 0.2) is 0 Å². The lowest BCUT2D eigenvalue weighted by Gasteiger charge is -2.14. The van der Waals surface area contributed by atoms with Crippen LogP contribution >= 0.6 is 0 Å². The van der Waals surface area contributed by atoms with Crippen molar-refractivity contribution in [2.45, 2.75) is 0 Å². The second-order valence-corrected chi connectivity index (χ2v) is 5.62. The lowest BCUT2D eigenvalue weighted by molar-refractivity contribution is 0.0655. The minimum absolute atomic E-state index is 0.165. The number of fused-ring (bicyclic) bond motifs is 5. The molecule has 0 aromatic heterocycles. The fraction of sp³-hybridized carbons (Fsp3) is 0. The highest BCUT2D eigenvalue weighted by molar-refractivity contribution is 6.29. The second-order valence-electron chi connectivity index (χ2n) is 5.62. The summed E-state index contributed by atoms with van der Waals surface area (Å²) in [5.74, 6) is -2.47. The normalized spacial score (nSPS) is 11.2. The summed E-state index contributed by atoms with van der Waals surface area (Å²) in [7, 11) is 0. The van der Waals surface area contributed by atoms with Crippen LogP contribution in [-0.2, 0) is 0 Å². The van der Waals surface area contributed by atoms with Crippen molar-refractivity contribution >= 4 is 44.3 Å². The Labute approximate surface area is 136 Å². The first-order valence-corrected chi connectivity index (χ1v) is 7.42. The van der Waals surface area contributed by atoms with Crippen molar-refractivity contribution in [3.05, 3.63) is 71.8 Å². The molecule has 0 heterocycles. The lowest BCUT2D eigenvalue weighted by Crippen LogP contribution is -2.10. The van der Waals surface area contributed by atoms with E-state index < -0.39 is 11.9 Å². The molecule has 4 rings (SSSR count). The van der Waals surface area contributed by atoms with Crippen LogP contribution in [0.1, 0.15) is 20.7 Å². The molecular formula is C20H12O4. The first kappa shape index (κ1) is 14.2. The van der Waals surface area contributed by atoms with Crippen LogP contribution in [-0.4, -0.2) is 22.2 Å². The van der Waals surface area contributed by atoms with Crippen molar-refractivity contribution in [1.29, 1.82) is 0 Å². The molecule has 0 fully saturated rings. The SMILES string of the molecule is O=C(O)c1c(C(=O)O)c2ccc3ccccc3c2c2ccccc12. The number of hydrogen-bond donors (Lipinski definition) is 2. The van der Waals surface area contributed by atoms with E-state index in [0.29, 0.717) is 10.8 Å². The van der Waals surface area contributed by atoms with Crippen molar-refractivity contribution in [2.75, 3.05) is 0 Å². The molecule has 0 aliphatic carbocycles. The zero-order valence-corrected chi connectivity index (χ0v) is 12.5. The van der Waals surface area contributed by atoms with E-state index in [-0.39, 0.29) is 11.1 Å². The monoisotopic (exact) mass is 316 g/mol. The zero-order valence-electron chi connectivity index (χ0n) is 12.5. The first-order chi connectivity index (χ1) is 11.6. The molecule has 4 nitrogen and oxygen atoms in total. The summed E-state index contributed by atoms with van der Waals surface area (Å²) >= 11 is 0. The van der Waals surface area contributed by atoms with Crippen molar-refractivity contribution < 1.29 is 19.8 Å². The van der Waals surface area contributed by atoms with E-state index >= 15 is 0 Å². The molecule has 0 amide bonds. The van der Waals surface area contributed by atoms with Crippen molar-refractivity contribution in [3.63, 3.8) is 0 Å². The van der Waals surface area contributed by atoms with E-state index in [0.717, 1.165) is 21.5 Å². The van der Waals surface area contributed by atoms with Gasteiger partial charge in [0.2, 0.25) is 0 Å². The quantitative estimate of drug-likeness (QED) is 0.532. The third-order valence-corrected chi connectivity index (χ3v) is 4.34. The molecule has 0 aliphatic rings. The lowest BCUT2D eigenvalue weighted by atomic mass is 9.89. The molecule has 0 bridgehead atoms. The Hall–Kier alpha value is -3.40. The van der Waals surface area contributed by atoms with Crippen LogP contribution in [0.2, 0.25) is 0 Å². The van der Waals surface area contributed by atoms with Crippen molar-refractivity contribution in [3.8, 4) is 0 Å². The molecule has 2 N–H and O–H groups in total. The molecule has 116 valence electrons. The van der Waals surface area contributed by atoms with Crippen LogP contribution in [0, 0.1) is 0 Å². The number of carboxylic acids is 2. The maximum absolute atomic E-state index is 11.9. The summed E-state index contributed by atoms with van der Waals surface area (Å²) in [6.07, 6.45) is 0. The standard InChI is InChI=1S/C20H12O4/c21-19(22)17-14-8-4-3-7-13(14)16-12-6-2-1-5-11(12)9-10-15(16)18(17)20(23)24/h1-10H,(H,21,22)(H,23,24). The van der Waals surface area contributed by atoms with Gasteiger partial charge in [0, 0.05) is 0 Å². The Morgan fingerprint density at radius 2 is 1.12 bits per heavy atom. The van der Waals surface area contributed by atoms with Gasteiger partial charge in [-0.1, -0.05) is 60.7 Å². The van der Waals surface area contributed by atoms with E-state index in [2.05, 4.69) is 0 Å². The third-order valence-electron chi connectivity index (χ3n) is 4.34. The summed E-state index contributed by atoms with van der Waals surface area (Å²) in [6.45, 7) is 0. The van der Waals surface area contributed by atoms with Crippen LogP contribution in [0.15, 0.2) is 60.7 Å². The third kappa shape index (κ3) is 1.86. The van der Waals surface area contributed by atoms with Gasteiger partial charge >= 0.3 is 11.9 Å². The summed E-state index contributed by atoms with van der Waals surface area (Å²) in [5, 5.41) is 23.6. The highest BCUT2D eigenvalue weighted by atomic mass is 16.4. The van der Waals surface area contributed by atoms with Gasteiger partial charge in [0.25, 0.3) is 0 Å². The number of benzene rings is 4. The van der Waals surface area contributed by atoms with Gasteiger partial charge in [-0.05, 0) is 32.3 Å². The van der Waals surface area contributed by atoms with Gasteiger partial charge in [-0.2, -0.15) is 0 Å².